The van der Waals surface area contributed by atoms with Gasteiger partial charge in [0.15, 0.2) is 5.78 Å². The summed E-state index contributed by atoms with van der Waals surface area (Å²) in [5.41, 5.74) is 2.46. The summed E-state index contributed by atoms with van der Waals surface area (Å²) in [5.74, 6) is 0.0329. The van der Waals surface area contributed by atoms with Crippen molar-refractivity contribution in [3.05, 3.63) is 53.7 Å². The first-order valence-corrected chi connectivity index (χ1v) is 12.8. The summed E-state index contributed by atoms with van der Waals surface area (Å²) in [6, 6.07) is 8.07. The molecule has 37 heavy (non-hydrogen) atoms. The summed E-state index contributed by atoms with van der Waals surface area (Å²) < 4.78 is 16.7. The summed E-state index contributed by atoms with van der Waals surface area (Å²) in [5, 5.41) is 3.62. The summed E-state index contributed by atoms with van der Waals surface area (Å²) >= 11 is 0. The Hall–Kier alpha value is -3.62. The van der Waals surface area contributed by atoms with Crippen LogP contribution in [0.25, 0.3) is 10.9 Å². The van der Waals surface area contributed by atoms with Crippen LogP contribution in [-0.4, -0.2) is 39.1 Å². The van der Waals surface area contributed by atoms with E-state index in [0.29, 0.717) is 6.54 Å². The zero-order valence-corrected chi connectivity index (χ0v) is 22.5. The van der Waals surface area contributed by atoms with Crippen molar-refractivity contribution >= 4 is 28.7 Å². The van der Waals surface area contributed by atoms with Crippen LogP contribution >= 0.6 is 0 Å². The second-order valence-electron chi connectivity index (χ2n) is 10.8. The number of nitrogens with zero attached hydrogens (tertiary/aromatic N) is 3. The van der Waals surface area contributed by atoms with Gasteiger partial charge in [-0.2, -0.15) is 4.57 Å². The lowest BCUT2D eigenvalue weighted by Gasteiger charge is -2.21. The molecule has 1 N–H and O–H groups in total. The molecule has 2 aromatic heterocycles. The van der Waals surface area contributed by atoms with Crippen LogP contribution in [0.1, 0.15) is 56.0 Å². The molecular formula is C28H37N4O5+. The second-order valence-corrected chi connectivity index (χ2v) is 10.8. The average molecular weight is 510 g/mol. The molecule has 0 spiro atoms. The molecule has 3 aromatic rings. The van der Waals surface area contributed by atoms with Crippen LogP contribution in [0, 0.1) is 18.8 Å². The molecule has 1 aliphatic carbocycles. The van der Waals surface area contributed by atoms with E-state index in [1.54, 1.807) is 27.7 Å². The number of aryl methyl sites for hydroxylation is 1. The normalized spacial score (nSPS) is 16.4. The highest BCUT2D eigenvalue weighted by Crippen LogP contribution is 2.34. The maximum atomic E-state index is 13.5. The van der Waals surface area contributed by atoms with Crippen LogP contribution in [0.2, 0.25) is 0 Å². The van der Waals surface area contributed by atoms with Gasteiger partial charge in [0, 0.05) is 42.7 Å². The van der Waals surface area contributed by atoms with Gasteiger partial charge in [-0.25, -0.2) is 9.36 Å². The lowest BCUT2D eigenvalue weighted by Crippen LogP contribution is -2.41. The van der Waals surface area contributed by atoms with Gasteiger partial charge in [0.2, 0.25) is 6.73 Å². The van der Waals surface area contributed by atoms with E-state index in [-0.39, 0.29) is 25.0 Å². The molecule has 9 heteroatoms. The predicted octanol–water partition coefficient (Wildman–Crippen LogP) is 3.68. The molecule has 0 fully saturated rings. The lowest BCUT2D eigenvalue weighted by molar-refractivity contribution is -0.732. The summed E-state index contributed by atoms with van der Waals surface area (Å²) in [6.45, 7) is 9.73. The van der Waals surface area contributed by atoms with Gasteiger partial charge >= 0.3 is 12.1 Å². The summed E-state index contributed by atoms with van der Waals surface area (Å²) in [6.07, 6.45) is 4.86. The molecule has 0 saturated carbocycles. The number of imidazole rings is 1. The highest BCUT2D eigenvalue weighted by Gasteiger charge is 2.34. The van der Waals surface area contributed by atoms with E-state index in [9.17, 15) is 14.4 Å². The Morgan fingerprint density at radius 2 is 1.97 bits per heavy atom. The maximum Gasteiger partial charge on any atom is 0.407 e. The van der Waals surface area contributed by atoms with Crippen molar-refractivity contribution in [1.29, 1.82) is 0 Å². The van der Waals surface area contributed by atoms with Gasteiger partial charge in [-0.15, -0.1) is 0 Å². The van der Waals surface area contributed by atoms with Gasteiger partial charge in [0.1, 0.15) is 24.5 Å². The molecule has 198 valence electrons. The van der Waals surface area contributed by atoms with Crippen LogP contribution < -0.4 is 9.88 Å². The average Bonchev–Trinajstić information content (AvgIpc) is 3.34. The number of nitrogens with one attached hydrogen (secondary N) is 1. The van der Waals surface area contributed by atoms with Crippen LogP contribution in [0.15, 0.2) is 36.7 Å². The van der Waals surface area contributed by atoms with Gasteiger partial charge < -0.3 is 19.4 Å². The minimum absolute atomic E-state index is 0.0561. The van der Waals surface area contributed by atoms with E-state index in [4.69, 9.17) is 9.47 Å². The highest BCUT2D eigenvalue weighted by atomic mass is 16.6. The number of hydrogen-bond donors (Lipinski definition) is 1. The smallest absolute Gasteiger partial charge is 0.407 e. The van der Waals surface area contributed by atoms with E-state index < -0.39 is 23.6 Å². The molecule has 1 amide bonds. The number of amides is 1. The van der Waals surface area contributed by atoms with Crippen molar-refractivity contribution in [2.45, 2.75) is 66.3 Å². The minimum atomic E-state index is -0.603. The molecular weight excluding hydrogens is 472 g/mol. The SMILES string of the molecule is Cc1n(CC2CCc3c(c4ccccc4n3C)C2=O)cc[n+]1COC(=O)C(C)CNC(=O)OC(C)(C)C. The Labute approximate surface area is 217 Å². The largest absolute Gasteiger partial charge is 0.444 e. The van der Waals surface area contributed by atoms with Crippen LogP contribution in [0.4, 0.5) is 4.79 Å². The highest BCUT2D eigenvalue weighted by molar-refractivity contribution is 6.11. The monoisotopic (exact) mass is 509 g/mol. The first kappa shape index (κ1) is 26.4. The molecule has 9 nitrogen and oxygen atoms in total. The zero-order chi connectivity index (χ0) is 26.9. The molecule has 2 atom stereocenters. The van der Waals surface area contributed by atoms with E-state index >= 15 is 0 Å². The van der Waals surface area contributed by atoms with Gasteiger partial charge in [0.05, 0.1) is 11.8 Å². The summed E-state index contributed by atoms with van der Waals surface area (Å²) in [4.78, 5) is 37.8. The Morgan fingerprint density at radius 1 is 1.24 bits per heavy atom. The first-order valence-electron chi connectivity index (χ1n) is 12.8. The van der Waals surface area contributed by atoms with Crippen LogP contribution in [0.3, 0.4) is 0 Å². The van der Waals surface area contributed by atoms with E-state index in [1.165, 1.54) is 0 Å². The number of fused-ring (bicyclic) bond motifs is 3. The molecule has 1 aromatic carbocycles. The fourth-order valence-corrected chi connectivity index (χ4v) is 4.85. The van der Waals surface area contributed by atoms with Crippen molar-refractivity contribution in [3.63, 3.8) is 0 Å². The summed E-state index contributed by atoms with van der Waals surface area (Å²) in [7, 11) is 2.03. The minimum Gasteiger partial charge on any atom is -0.444 e. The topological polar surface area (TPSA) is 95.4 Å². The first-order chi connectivity index (χ1) is 17.5. The van der Waals surface area contributed by atoms with Gasteiger partial charge in [0.25, 0.3) is 5.82 Å². The van der Waals surface area contributed by atoms with Gasteiger partial charge in [-0.1, -0.05) is 25.1 Å². The van der Waals surface area contributed by atoms with Crippen molar-refractivity contribution in [2.75, 3.05) is 6.54 Å². The standard InChI is InChI=1S/C28H36N4O5/c1-18(15-29-27(35)37-28(3,4)5)26(34)36-17-32-14-13-31(19(32)2)16-20-11-12-23-24(25(20)33)21-9-7-8-10-22(21)30(23)6/h7-10,13-14,18,20H,11-12,15-17H2,1-6H3/p+1. The number of alkyl carbamates (subject to hydrolysis) is 1. The number of ketones is 1. The maximum absolute atomic E-state index is 13.5. The number of carbonyl (C=O) groups is 3. The zero-order valence-electron chi connectivity index (χ0n) is 22.5. The number of hydrogen-bond acceptors (Lipinski definition) is 5. The van der Waals surface area contributed by atoms with E-state index in [2.05, 4.69) is 16.0 Å². The third-order valence-corrected chi connectivity index (χ3v) is 6.95. The second kappa shape index (κ2) is 10.4. The molecule has 0 saturated heterocycles. The number of esters is 1. The molecule has 2 heterocycles. The number of para-hydroxylation sites is 1. The van der Waals surface area contributed by atoms with Crippen molar-refractivity contribution in [1.82, 2.24) is 14.5 Å². The third kappa shape index (κ3) is 5.70. The Bertz CT molecular complexity index is 1330. The fourth-order valence-electron chi connectivity index (χ4n) is 4.85. The van der Waals surface area contributed by atoms with Gasteiger partial charge in [-0.05, 0) is 39.7 Å². The van der Waals surface area contributed by atoms with Crippen molar-refractivity contribution in [2.24, 2.45) is 18.9 Å². The molecule has 0 bridgehead atoms. The predicted molar refractivity (Wildman–Crippen MR) is 138 cm³/mol. The molecule has 4 rings (SSSR count). The van der Waals surface area contributed by atoms with Crippen LogP contribution in [0.5, 0.6) is 0 Å². The molecule has 0 radical (unpaired) electrons. The Balaban J connectivity index is 1.34. The number of aromatic nitrogens is 3. The Morgan fingerprint density at radius 3 is 2.70 bits per heavy atom. The Kier molecular flexibility index (Phi) is 7.43. The number of benzene rings is 1. The molecule has 1 aliphatic rings. The van der Waals surface area contributed by atoms with Crippen molar-refractivity contribution in [3.8, 4) is 0 Å². The molecule has 2 unspecified atom stereocenters. The van der Waals surface area contributed by atoms with E-state index in [0.717, 1.165) is 40.8 Å². The lowest BCUT2D eigenvalue weighted by atomic mass is 9.85. The number of Topliss-reactive ketones (excluding diaryl/α,β-unsaturated/α-hetero) is 1. The number of ether oxygens (including phenoxy) is 2. The number of carbonyl (C=O) groups excluding carboxylic acids is 3. The number of rotatable bonds is 7. The van der Waals surface area contributed by atoms with Crippen molar-refractivity contribution < 1.29 is 28.4 Å². The quantitative estimate of drug-likeness (QED) is 0.387. The third-order valence-electron chi connectivity index (χ3n) is 6.95. The van der Waals surface area contributed by atoms with E-state index in [1.807, 2.05) is 53.7 Å². The fraction of sp³-hybridized carbons (Fsp3) is 0.500. The molecule has 0 aliphatic heterocycles. The van der Waals surface area contributed by atoms with Gasteiger partial charge in [-0.3, -0.25) is 9.59 Å². The van der Waals surface area contributed by atoms with Crippen LogP contribution in [-0.2, 0) is 41.0 Å².